The van der Waals surface area contributed by atoms with Crippen LogP contribution in [-0.4, -0.2) is 9.97 Å². The molecule has 3 aromatic rings. The summed E-state index contributed by atoms with van der Waals surface area (Å²) in [6, 6.07) is 11.4. The van der Waals surface area contributed by atoms with Gasteiger partial charge in [-0.3, -0.25) is 0 Å². The second-order valence-corrected chi connectivity index (χ2v) is 4.84. The molecule has 1 aromatic heterocycles. The van der Waals surface area contributed by atoms with Gasteiger partial charge in [-0.25, -0.2) is 9.97 Å². The zero-order chi connectivity index (χ0) is 11.1. The van der Waals surface area contributed by atoms with Crippen molar-refractivity contribution in [1.29, 1.82) is 0 Å². The van der Waals surface area contributed by atoms with Crippen molar-refractivity contribution in [2.45, 2.75) is 0 Å². The first-order chi connectivity index (χ1) is 7.72. The Morgan fingerprint density at radius 1 is 0.812 bits per heavy atom. The van der Waals surface area contributed by atoms with E-state index in [-0.39, 0.29) is 0 Å². The molecule has 0 fully saturated rings. The maximum atomic E-state index is 5.92. The van der Waals surface area contributed by atoms with Gasteiger partial charge in [0.25, 0.3) is 0 Å². The lowest BCUT2D eigenvalue weighted by Crippen LogP contribution is -1.87. The average Bonchev–Trinajstić information content (AvgIpc) is 2.26. The van der Waals surface area contributed by atoms with Crippen molar-refractivity contribution < 1.29 is 0 Å². The van der Waals surface area contributed by atoms with Gasteiger partial charge in [-0.15, -0.1) is 0 Å². The highest BCUT2D eigenvalue weighted by Gasteiger charge is 2.02. The van der Waals surface area contributed by atoms with Crippen LogP contribution in [0.25, 0.3) is 22.1 Å². The molecule has 2 aromatic carbocycles. The molecule has 0 aliphatic carbocycles. The maximum absolute atomic E-state index is 5.92. The Balaban J connectivity index is 2.44. The molecule has 0 spiro atoms. The van der Waals surface area contributed by atoms with Crippen molar-refractivity contribution in [2.75, 3.05) is 0 Å². The van der Waals surface area contributed by atoms with Crippen molar-refractivity contribution in [3.63, 3.8) is 0 Å². The van der Waals surface area contributed by atoms with Gasteiger partial charge in [0.15, 0.2) is 0 Å². The minimum Gasteiger partial charge on any atom is -0.244 e. The summed E-state index contributed by atoms with van der Waals surface area (Å²) in [5.41, 5.74) is 3.43. The van der Waals surface area contributed by atoms with Gasteiger partial charge in [0.05, 0.1) is 22.1 Å². The summed E-state index contributed by atoms with van der Waals surface area (Å²) >= 11 is 9.34. The van der Waals surface area contributed by atoms with Crippen LogP contribution in [0.2, 0.25) is 5.02 Å². The van der Waals surface area contributed by atoms with Crippen molar-refractivity contribution in [1.82, 2.24) is 9.97 Å². The Morgan fingerprint density at radius 3 is 2.19 bits per heavy atom. The normalized spacial score (nSPS) is 11.1. The molecule has 0 radical (unpaired) electrons. The number of aromatic nitrogens is 2. The fraction of sp³-hybridized carbons (Fsp3) is 0. The van der Waals surface area contributed by atoms with Crippen molar-refractivity contribution in [2.24, 2.45) is 0 Å². The Labute approximate surface area is 105 Å². The Hall–Kier alpha value is -1.19. The van der Waals surface area contributed by atoms with E-state index >= 15 is 0 Å². The van der Waals surface area contributed by atoms with Gasteiger partial charge in [0, 0.05) is 9.50 Å². The molecule has 0 N–H and O–H groups in total. The lowest BCUT2D eigenvalue weighted by atomic mass is 10.2. The highest BCUT2D eigenvalue weighted by atomic mass is 79.9. The van der Waals surface area contributed by atoms with Crippen LogP contribution in [-0.2, 0) is 0 Å². The van der Waals surface area contributed by atoms with Crippen LogP contribution in [0.3, 0.4) is 0 Å². The number of hydrogen-bond donors (Lipinski definition) is 0. The molecule has 0 unspecified atom stereocenters. The van der Waals surface area contributed by atoms with Crippen LogP contribution in [0.5, 0.6) is 0 Å². The molecule has 0 saturated heterocycles. The summed E-state index contributed by atoms with van der Waals surface area (Å²) < 4.78 is 1.00. The van der Waals surface area contributed by atoms with Crippen LogP contribution in [0.4, 0.5) is 0 Å². The van der Waals surface area contributed by atoms with Crippen LogP contribution in [0, 0.1) is 0 Å². The van der Waals surface area contributed by atoms with Crippen LogP contribution in [0.1, 0.15) is 0 Å². The van der Waals surface area contributed by atoms with Crippen molar-refractivity contribution in [3.05, 3.63) is 45.9 Å². The Bertz CT molecular complexity index is 635. The molecule has 0 saturated carbocycles. The molecule has 3 rings (SSSR count). The van der Waals surface area contributed by atoms with Crippen molar-refractivity contribution >= 4 is 49.6 Å². The fourth-order valence-electron chi connectivity index (χ4n) is 1.62. The molecule has 1 heterocycles. The third-order valence-electron chi connectivity index (χ3n) is 2.36. The van der Waals surface area contributed by atoms with Crippen molar-refractivity contribution in [3.8, 4) is 0 Å². The van der Waals surface area contributed by atoms with E-state index in [1.165, 1.54) is 0 Å². The number of benzene rings is 2. The first kappa shape index (κ1) is 10.00. The van der Waals surface area contributed by atoms with E-state index in [2.05, 4.69) is 25.9 Å². The summed E-state index contributed by atoms with van der Waals surface area (Å²) in [4.78, 5) is 9.04. The van der Waals surface area contributed by atoms with E-state index in [9.17, 15) is 0 Å². The summed E-state index contributed by atoms with van der Waals surface area (Å²) in [6.07, 6.45) is 0. The Kier molecular flexibility index (Phi) is 2.30. The van der Waals surface area contributed by atoms with Gasteiger partial charge in [0.2, 0.25) is 0 Å². The van der Waals surface area contributed by atoms with Crippen LogP contribution < -0.4 is 0 Å². The first-order valence-electron chi connectivity index (χ1n) is 4.75. The third kappa shape index (κ3) is 1.66. The van der Waals surface area contributed by atoms with Gasteiger partial charge in [-0.2, -0.15) is 0 Å². The van der Waals surface area contributed by atoms with Gasteiger partial charge in [0.1, 0.15) is 0 Å². The lowest BCUT2D eigenvalue weighted by Gasteiger charge is -2.01. The Morgan fingerprint density at radius 2 is 1.44 bits per heavy atom. The number of rotatable bonds is 0. The number of fused-ring (bicyclic) bond motifs is 2. The smallest absolute Gasteiger partial charge is 0.0909 e. The van der Waals surface area contributed by atoms with Crippen LogP contribution in [0.15, 0.2) is 40.9 Å². The van der Waals surface area contributed by atoms with Gasteiger partial charge >= 0.3 is 0 Å². The molecule has 0 aliphatic heterocycles. The molecule has 0 amide bonds. The van der Waals surface area contributed by atoms with E-state index < -0.39 is 0 Å². The van der Waals surface area contributed by atoms with Gasteiger partial charge < -0.3 is 0 Å². The topological polar surface area (TPSA) is 25.8 Å². The lowest BCUT2D eigenvalue weighted by molar-refractivity contribution is 1.39. The molecule has 2 nitrogen and oxygen atoms in total. The van der Waals surface area contributed by atoms with E-state index in [4.69, 9.17) is 11.6 Å². The SMILES string of the molecule is Clc1ccc2nc3cc(Br)ccc3nc2c1. The average molecular weight is 294 g/mol. The molecule has 0 aliphatic rings. The summed E-state index contributed by atoms with van der Waals surface area (Å²) in [5.74, 6) is 0. The van der Waals surface area contributed by atoms with E-state index in [0.717, 1.165) is 26.5 Å². The molecule has 78 valence electrons. The van der Waals surface area contributed by atoms with Gasteiger partial charge in [-0.1, -0.05) is 27.5 Å². The van der Waals surface area contributed by atoms with E-state index in [0.29, 0.717) is 5.02 Å². The summed E-state index contributed by atoms with van der Waals surface area (Å²) in [6.45, 7) is 0. The monoisotopic (exact) mass is 292 g/mol. The quantitative estimate of drug-likeness (QED) is 0.581. The predicted octanol–water partition coefficient (Wildman–Crippen LogP) is 4.20. The summed E-state index contributed by atoms with van der Waals surface area (Å²) in [5, 5.41) is 0.679. The molecule has 16 heavy (non-hydrogen) atoms. The molecule has 0 atom stereocenters. The third-order valence-corrected chi connectivity index (χ3v) is 3.09. The van der Waals surface area contributed by atoms with Gasteiger partial charge in [-0.05, 0) is 36.4 Å². The number of hydrogen-bond acceptors (Lipinski definition) is 2. The zero-order valence-corrected chi connectivity index (χ0v) is 10.5. The van der Waals surface area contributed by atoms with Crippen LogP contribution >= 0.6 is 27.5 Å². The minimum absolute atomic E-state index is 0.679. The predicted molar refractivity (Wildman–Crippen MR) is 69.8 cm³/mol. The molecular weight excluding hydrogens is 288 g/mol. The fourth-order valence-corrected chi connectivity index (χ4v) is 2.14. The molecule has 4 heteroatoms. The number of nitrogens with zero attached hydrogens (tertiary/aromatic N) is 2. The molecular formula is C12H6BrClN2. The maximum Gasteiger partial charge on any atom is 0.0909 e. The highest BCUT2D eigenvalue weighted by molar-refractivity contribution is 9.10. The zero-order valence-electron chi connectivity index (χ0n) is 8.11. The highest BCUT2D eigenvalue weighted by Crippen LogP contribution is 2.21. The number of halogens is 2. The van der Waals surface area contributed by atoms with E-state index in [1.54, 1.807) is 0 Å². The molecule has 0 bridgehead atoms. The van der Waals surface area contributed by atoms with E-state index in [1.807, 2.05) is 36.4 Å². The largest absolute Gasteiger partial charge is 0.244 e. The summed E-state index contributed by atoms with van der Waals surface area (Å²) in [7, 11) is 0. The second-order valence-electron chi connectivity index (χ2n) is 3.49. The second kappa shape index (κ2) is 3.68. The standard InChI is InChI=1S/C12H6BrClN2/c13-7-1-3-9-11(5-7)15-10-4-2-8(14)6-12(10)16-9/h1-6H. The minimum atomic E-state index is 0.679. The first-order valence-corrected chi connectivity index (χ1v) is 5.92.